The fourth-order valence-electron chi connectivity index (χ4n) is 3.03. The molecule has 3 aromatic rings. The summed E-state index contributed by atoms with van der Waals surface area (Å²) in [4.78, 5) is 29.4. The predicted octanol–water partition coefficient (Wildman–Crippen LogP) is 2.05. The highest BCUT2D eigenvalue weighted by Gasteiger charge is 2.14. The van der Waals surface area contributed by atoms with Crippen molar-refractivity contribution in [2.45, 2.75) is 6.54 Å². The van der Waals surface area contributed by atoms with E-state index in [0.29, 0.717) is 16.5 Å². The highest BCUT2D eigenvalue weighted by Crippen LogP contribution is 2.17. The number of hydrogen-bond donors (Lipinski definition) is 3. The summed E-state index contributed by atoms with van der Waals surface area (Å²) in [7, 11) is 0. The van der Waals surface area contributed by atoms with Gasteiger partial charge in [-0.25, -0.2) is 0 Å². The van der Waals surface area contributed by atoms with Gasteiger partial charge in [0.15, 0.2) is 5.82 Å². The molecular formula is C18H19N5O2S. The summed E-state index contributed by atoms with van der Waals surface area (Å²) in [6.07, 6.45) is 1.54. The third-order valence-corrected chi connectivity index (χ3v) is 5.39. The smallest absolute Gasteiger partial charge is 0.261 e. The molecule has 26 heavy (non-hydrogen) atoms. The van der Waals surface area contributed by atoms with Gasteiger partial charge < -0.3 is 10.3 Å². The van der Waals surface area contributed by atoms with Crippen molar-refractivity contribution in [3.05, 3.63) is 58.0 Å². The highest BCUT2D eigenvalue weighted by molar-refractivity contribution is 7.99. The van der Waals surface area contributed by atoms with Crippen LogP contribution in [0, 0.1) is 0 Å². The zero-order valence-electron chi connectivity index (χ0n) is 14.1. The molecule has 4 rings (SSSR count). The first-order chi connectivity index (χ1) is 12.7. The number of carbonyl (C=O) groups is 1. The summed E-state index contributed by atoms with van der Waals surface area (Å²) in [5.41, 5.74) is 2.02. The molecule has 0 saturated carbocycles. The van der Waals surface area contributed by atoms with Crippen molar-refractivity contribution in [1.29, 1.82) is 0 Å². The molecule has 1 aromatic carbocycles. The number of nitrogens with one attached hydrogen (secondary N) is 3. The maximum absolute atomic E-state index is 12.5. The average Bonchev–Trinajstić information content (AvgIpc) is 3.07. The fourth-order valence-corrected chi connectivity index (χ4v) is 4.01. The lowest BCUT2D eigenvalue weighted by atomic mass is 10.1. The van der Waals surface area contributed by atoms with Crippen LogP contribution in [0.2, 0.25) is 0 Å². The van der Waals surface area contributed by atoms with E-state index in [0.717, 1.165) is 19.6 Å². The molecule has 3 heterocycles. The van der Waals surface area contributed by atoms with Gasteiger partial charge in [0.05, 0.1) is 5.52 Å². The van der Waals surface area contributed by atoms with Crippen LogP contribution < -0.4 is 10.9 Å². The number of hydrogen-bond acceptors (Lipinski definition) is 5. The van der Waals surface area contributed by atoms with E-state index in [4.69, 9.17) is 0 Å². The van der Waals surface area contributed by atoms with Gasteiger partial charge in [-0.15, -0.1) is 0 Å². The zero-order chi connectivity index (χ0) is 17.9. The molecule has 1 fully saturated rings. The fraction of sp³-hybridized carbons (Fsp3) is 0.278. The SMILES string of the molecule is O=C(Nc1n[nH]c2cc[nH]c(=O)c12)c1ccc(CN2CCSCC2)cc1. The Morgan fingerprint density at radius 2 is 1.96 bits per heavy atom. The van der Waals surface area contributed by atoms with Gasteiger partial charge in [0, 0.05) is 42.9 Å². The molecule has 0 spiro atoms. The van der Waals surface area contributed by atoms with Gasteiger partial charge in [0.1, 0.15) is 5.39 Å². The predicted molar refractivity (Wildman–Crippen MR) is 104 cm³/mol. The van der Waals surface area contributed by atoms with E-state index >= 15 is 0 Å². The molecule has 0 bridgehead atoms. The van der Waals surface area contributed by atoms with Crippen LogP contribution in [0.1, 0.15) is 15.9 Å². The molecule has 0 unspecified atom stereocenters. The summed E-state index contributed by atoms with van der Waals surface area (Å²) < 4.78 is 0. The Bertz CT molecular complexity index is 973. The number of thioether (sulfide) groups is 1. The van der Waals surface area contributed by atoms with Crippen LogP contribution in [-0.4, -0.2) is 50.6 Å². The minimum atomic E-state index is -0.290. The third-order valence-electron chi connectivity index (χ3n) is 4.44. The van der Waals surface area contributed by atoms with Crippen LogP contribution in [0.15, 0.2) is 41.3 Å². The molecule has 0 atom stereocenters. The van der Waals surface area contributed by atoms with E-state index in [1.54, 1.807) is 6.07 Å². The summed E-state index contributed by atoms with van der Waals surface area (Å²) in [6, 6.07) is 9.27. The topological polar surface area (TPSA) is 93.9 Å². The molecule has 8 heteroatoms. The first-order valence-corrected chi connectivity index (χ1v) is 9.62. The van der Waals surface area contributed by atoms with Crippen LogP contribution in [-0.2, 0) is 6.54 Å². The van der Waals surface area contributed by atoms with Crippen molar-refractivity contribution >= 4 is 34.4 Å². The largest absolute Gasteiger partial charge is 0.328 e. The quantitative estimate of drug-likeness (QED) is 0.654. The molecule has 7 nitrogen and oxygen atoms in total. The second-order valence-electron chi connectivity index (χ2n) is 6.21. The summed E-state index contributed by atoms with van der Waals surface area (Å²) in [6.45, 7) is 3.11. The number of H-pyrrole nitrogens is 2. The van der Waals surface area contributed by atoms with Crippen molar-refractivity contribution in [3.63, 3.8) is 0 Å². The number of carbonyl (C=O) groups excluding carboxylic acids is 1. The monoisotopic (exact) mass is 369 g/mol. The number of aromatic amines is 2. The molecule has 2 aromatic heterocycles. The zero-order valence-corrected chi connectivity index (χ0v) is 14.9. The van der Waals surface area contributed by atoms with Crippen molar-refractivity contribution in [1.82, 2.24) is 20.1 Å². The van der Waals surface area contributed by atoms with E-state index in [1.807, 2.05) is 36.0 Å². The second kappa shape index (κ2) is 7.35. The average molecular weight is 369 g/mol. The van der Waals surface area contributed by atoms with Gasteiger partial charge in [-0.05, 0) is 23.8 Å². The van der Waals surface area contributed by atoms with Gasteiger partial charge in [-0.1, -0.05) is 12.1 Å². The number of benzene rings is 1. The number of anilines is 1. The van der Waals surface area contributed by atoms with Crippen molar-refractivity contribution < 1.29 is 4.79 Å². The Balaban J connectivity index is 1.47. The molecule has 3 N–H and O–H groups in total. The molecule has 1 amide bonds. The molecular weight excluding hydrogens is 350 g/mol. The van der Waals surface area contributed by atoms with Crippen LogP contribution >= 0.6 is 11.8 Å². The number of nitrogens with zero attached hydrogens (tertiary/aromatic N) is 2. The minimum Gasteiger partial charge on any atom is -0.328 e. The summed E-state index contributed by atoms with van der Waals surface area (Å²) in [5, 5.41) is 9.84. The van der Waals surface area contributed by atoms with Crippen molar-refractivity contribution in [2.75, 3.05) is 29.9 Å². The number of fused-ring (bicyclic) bond motifs is 1. The lowest BCUT2D eigenvalue weighted by molar-refractivity contribution is 0.102. The maximum atomic E-state index is 12.5. The second-order valence-corrected chi connectivity index (χ2v) is 7.43. The Morgan fingerprint density at radius 3 is 2.73 bits per heavy atom. The molecule has 1 saturated heterocycles. The van der Waals surface area contributed by atoms with E-state index in [9.17, 15) is 9.59 Å². The Labute approximate surface area is 154 Å². The van der Waals surface area contributed by atoms with Crippen molar-refractivity contribution in [2.24, 2.45) is 0 Å². The van der Waals surface area contributed by atoms with Crippen LogP contribution in [0.4, 0.5) is 5.82 Å². The van der Waals surface area contributed by atoms with Gasteiger partial charge >= 0.3 is 0 Å². The first-order valence-electron chi connectivity index (χ1n) is 8.47. The highest BCUT2D eigenvalue weighted by atomic mass is 32.2. The molecule has 0 aliphatic carbocycles. The molecule has 0 radical (unpaired) electrons. The van der Waals surface area contributed by atoms with E-state index in [2.05, 4.69) is 25.4 Å². The van der Waals surface area contributed by atoms with Gasteiger partial charge in [-0.2, -0.15) is 16.9 Å². The van der Waals surface area contributed by atoms with Gasteiger partial charge in [-0.3, -0.25) is 19.6 Å². The third kappa shape index (κ3) is 3.51. The number of pyridine rings is 1. The number of amides is 1. The number of aromatic nitrogens is 3. The Kier molecular flexibility index (Phi) is 4.77. The lowest BCUT2D eigenvalue weighted by Gasteiger charge is -2.26. The van der Waals surface area contributed by atoms with Crippen molar-refractivity contribution in [3.8, 4) is 0 Å². The Morgan fingerprint density at radius 1 is 1.19 bits per heavy atom. The van der Waals surface area contributed by atoms with Crippen LogP contribution in [0.3, 0.4) is 0 Å². The van der Waals surface area contributed by atoms with Crippen LogP contribution in [0.25, 0.3) is 10.9 Å². The molecule has 1 aliphatic heterocycles. The Hall–Kier alpha value is -2.58. The summed E-state index contributed by atoms with van der Waals surface area (Å²) >= 11 is 1.99. The maximum Gasteiger partial charge on any atom is 0.261 e. The normalized spacial score (nSPS) is 15.2. The molecule has 1 aliphatic rings. The molecule has 134 valence electrons. The van der Waals surface area contributed by atoms with Gasteiger partial charge in [0.2, 0.25) is 0 Å². The standard InChI is InChI=1S/C18H19N5O2S/c24-17(20-16-15-14(21-22-16)5-6-19-18(15)25)13-3-1-12(2-4-13)11-23-7-9-26-10-8-23/h1-6H,7-11H2,(H,19,25)(H2,20,21,22,24). The van der Waals surface area contributed by atoms with E-state index in [1.165, 1.54) is 23.3 Å². The van der Waals surface area contributed by atoms with E-state index in [-0.39, 0.29) is 17.3 Å². The minimum absolute atomic E-state index is 0.238. The summed E-state index contributed by atoms with van der Waals surface area (Å²) in [5.74, 6) is 2.30. The van der Waals surface area contributed by atoms with Crippen LogP contribution in [0.5, 0.6) is 0 Å². The first kappa shape index (κ1) is 16.9. The van der Waals surface area contributed by atoms with Gasteiger partial charge in [0.25, 0.3) is 11.5 Å². The number of rotatable bonds is 4. The lowest BCUT2D eigenvalue weighted by Crippen LogP contribution is -2.31. The van der Waals surface area contributed by atoms with E-state index < -0.39 is 0 Å².